The van der Waals surface area contributed by atoms with E-state index in [1.165, 1.54) is 0 Å². The molecule has 0 unspecified atom stereocenters. The molecule has 7 nitrogen and oxygen atoms in total. The Kier molecular flexibility index (Phi) is 4.44. The molecule has 0 aliphatic carbocycles. The maximum Gasteiger partial charge on any atom is 0.230 e. The molecule has 0 N–H and O–H groups in total. The molecule has 2 aromatic rings. The summed E-state index contributed by atoms with van der Waals surface area (Å²) in [6.07, 6.45) is 4.84. The minimum atomic E-state index is 0.505. The zero-order chi connectivity index (χ0) is 15.5. The van der Waals surface area contributed by atoms with Crippen molar-refractivity contribution in [1.82, 2.24) is 30.0 Å². The number of aryl methyl sites for hydroxylation is 2. The van der Waals surface area contributed by atoms with Crippen molar-refractivity contribution in [3.63, 3.8) is 0 Å². The van der Waals surface area contributed by atoms with Gasteiger partial charge in [-0.1, -0.05) is 0 Å². The molecule has 0 spiro atoms. The second-order valence-corrected chi connectivity index (χ2v) is 5.96. The summed E-state index contributed by atoms with van der Waals surface area (Å²) >= 11 is 0. The Morgan fingerprint density at radius 3 is 2.82 bits per heavy atom. The van der Waals surface area contributed by atoms with Crippen LogP contribution in [0.5, 0.6) is 0 Å². The van der Waals surface area contributed by atoms with Crippen molar-refractivity contribution in [2.45, 2.75) is 39.4 Å². The Morgan fingerprint density at radius 2 is 2.14 bits per heavy atom. The first-order valence-corrected chi connectivity index (χ1v) is 7.59. The SMILES string of the molecule is Cc1cnc(CN2CC[C@@H](N(C)Cc3nnc(C)o3)C2)cn1. The van der Waals surface area contributed by atoms with Gasteiger partial charge in [-0.3, -0.25) is 19.8 Å². The lowest BCUT2D eigenvalue weighted by atomic mass is 10.2. The topological polar surface area (TPSA) is 71.2 Å². The highest BCUT2D eigenvalue weighted by Crippen LogP contribution is 2.18. The molecule has 7 heteroatoms. The molecule has 1 aliphatic heterocycles. The smallest absolute Gasteiger partial charge is 0.230 e. The number of aromatic nitrogens is 4. The normalized spacial score (nSPS) is 19.2. The number of likely N-dealkylation sites (N-methyl/N-ethyl adjacent to an activating group) is 1. The van der Waals surface area contributed by atoms with Crippen LogP contribution < -0.4 is 0 Å². The van der Waals surface area contributed by atoms with Crippen LogP contribution in [-0.2, 0) is 13.1 Å². The van der Waals surface area contributed by atoms with Crippen molar-refractivity contribution in [2.24, 2.45) is 0 Å². The van der Waals surface area contributed by atoms with E-state index in [9.17, 15) is 0 Å². The van der Waals surface area contributed by atoms with Crippen LogP contribution >= 0.6 is 0 Å². The van der Waals surface area contributed by atoms with E-state index in [1.807, 2.05) is 26.2 Å². The molecule has 0 amide bonds. The van der Waals surface area contributed by atoms with Gasteiger partial charge < -0.3 is 4.42 Å². The summed E-state index contributed by atoms with van der Waals surface area (Å²) in [7, 11) is 2.11. The number of nitrogens with zero attached hydrogens (tertiary/aromatic N) is 6. The summed E-state index contributed by atoms with van der Waals surface area (Å²) in [5, 5.41) is 7.94. The van der Waals surface area contributed by atoms with Gasteiger partial charge >= 0.3 is 0 Å². The van der Waals surface area contributed by atoms with Gasteiger partial charge in [0.2, 0.25) is 11.8 Å². The highest BCUT2D eigenvalue weighted by molar-refractivity contribution is 5.01. The lowest BCUT2D eigenvalue weighted by Crippen LogP contribution is -2.34. The predicted molar refractivity (Wildman–Crippen MR) is 81.0 cm³/mol. The monoisotopic (exact) mass is 302 g/mol. The van der Waals surface area contributed by atoms with Crippen LogP contribution in [0.2, 0.25) is 0 Å². The molecule has 1 saturated heterocycles. The Bertz CT molecular complexity index is 611. The van der Waals surface area contributed by atoms with Gasteiger partial charge in [0.1, 0.15) is 0 Å². The summed E-state index contributed by atoms with van der Waals surface area (Å²) in [6, 6.07) is 0.505. The molecule has 1 fully saturated rings. The standard InChI is InChI=1S/C15H22N6O/c1-11-6-17-13(7-16-11)8-21-5-4-14(9-21)20(3)10-15-19-18-12(2)22-15/h6-7,14H,4-5,8-10H2,1-3H3/t14-/m1/s1. The number of hydrogen-bond acceptors (Lipinski definition) is 7. The van der Waals surface area contributed by atoms with E-state index in [0.717, 1.165) is 37.4 Å². The van der Waals surface area contributed by atoms with Crippen molar-refractivity contribution >= 4 is 0 Å². The third-order valence-electron chi connectivity index (χ3n) is 4.04. The summed E-state index contributed by atoms with van der Waals surface area (Å²) < 4.78 is 5.45. The first kappa shape index (κ1) is 15.1. The van der Waals surface area contributed by atoms with Crippen LogP contribution in [0, 0.1) is 13.8 Å². The molecule has 0 bridgehead atoms. The molecule has 0 aromatic carbocycles. The minimum absolute atomic E-state index is 0.505. The maximum atomic E-state index is 5.45. The zero-order valence-corrected chi connectivity index (χ0v) is 13.4. The van der Waals surface area contributed by atoms with E-state index in [-0.39, 0.29) is 0 Å². The maximum absolute atomic E-state index is 5.45. The van der Waals surface area contributed by atoms with E-state index >= 15 is 0 Å². The molecule has 1 atom stereocenters. The second-order valence-electron chi connectivity index (χ2n) is 5.96. The fourth-order valence-corrected chi connectivity index (χ4v) is 2.79. The highest BCUT2D eigenvalue weighted by atomic mass is 16.4. The molecule has 0 saturated carbocycles. The average molecular weight is 302 g/mol. The van der Waals surface area contributed by atoms with Gasteiger partial charge in [0.25, 0.3) is 0 Å². The summed E-state index contributed by atoms with van der Waals surface area (Å²) in [5.74, 6) is 1.30. The van der Waals surface area contributed by atoms with Crippen LogP contribution in [0.25, 0.3) is 0 Å². The first-order chi connectivity index (χ1) is 10.6. The van der Waals surface area contributed by atoms with E-state index < -0.39 is 0 Å². The Hall–Kier alpha value is -1.86. The average Bonchev–Trinajstić information content (AvgIpc) is 3.11. The molecule has 0 radical (unpaired) electrons. The van der Waals surface area contributed by atoms with Gasteiger partial charge in [0.15, 0.2) is 0 Å². The number of likely N-dealkylation sites (tertiary alicyclic amines) is 1. The van der Waals surface area contributed by atoms with Crippen molar-refractivity contribution in [1.29, 1.82) is 0 Å². The van der Waals surface area contributed by atoms with Gasteiger partial charge in [0.05, 0.1) is 17.9 Å². The molecule has 3 rings (SSSR count). The van der Waals surface area contributed by atoms with Gasteiger partial charge in [-0.15, -0.1) is 10.2 Å². The van der Waals surface area contributed by atoms with Crippen LogP contribution in [0.3, 0.4) is 0 Å². The molecular weight excluding hydrogens is 280 g/mol. The zero-order valence-electron chi connectivity index (χ0n) is 13.4. The number of hydrogen-bond donors (Lipinski definition) is 0. The van der Waals surface area contributed by atoms with Crippen LogP contribution in [0.4, 0.5) is 0 Å². The molecule has 3 heterocycles. The van der Waals surface area contributed by atoms with E-state index in [0.29, 0.717) is 24.4 Å². The van der Waals surface area contributed by atoms with Crippen molar-refractivity contribution in [2.75, 3.05) is 20.1 Å². The third-order valence-corrected chi connectivity index (χ3v) is 4.04. The molecule has 118 valence electrons. The molecule has 22 heavy (non-hydrogen) atoms. The molecule has 2 aromatic heterocycles. The number of rotatable bonds is 5. The molecular formula is C15H22N6O. The van der Waals surface area contributed by atoms with Gasteiger partial charge in [-0.2, -0.15) is 0 Å². The first-order valence-electron chi connectivity index (χ1n) is 7.59. The van der Waals surface area contributed by atoms with Crippen LogP contribution in [-0.4, -0.2) is 56.1 Å². The lowest BCUT2D eigenvalue weighted by Gasteiger charge is -2.23. The van der Waals surface area contributed by atoms with Gasteiger partial charge in [-0.25, -0.2) is 0 Å². The fourth-order valence-electron chi connectivity index (χ4n) is 2.79. The Labute approximate surface area is 130 Å². The Morgan fingerprint density at radius 1 is 1.27 bits per heavy atom. The van der Waals surface area contributed by atoms with Crippen LogP contribution in [0.1, 0.15) is 29.6 Å². The van der Waals surface area contributed by atoms with Crippen molar-refractivity contribution in [3.05, 3.63) is 35.6 Å². The summed E-state index contributed by atoms with van der Waals surface area (Å²) in [5.41, 5.74) is 1.99. The predicted octanol–water partition coefficient (Wildman–Crippen LogP) is 1.18. The largest absolute Gasteiger partial charge is 0.424 e. The van der Waals surface area contributed by atoms with Crippen LogP contribution in [0.15, 0.2) is 16.8 Å². The van der Waals surface area contributed by atoms with E-state index in [1.54, 1.807) is 0 Å². The minimum Gasteiger partial charge on any atom is -0.424 e. The second kappa shape index (κ2) is 6.50. The van der Waals surface area contributed by atoms with E-state index in [4.69, 9.17) is 4.42 Å². The third kappa shape index (κ3) is 3.66. The molecule has 1 aliphatic rings. The van der Waals surface area contributed by atoms with E-state index in [2.05, 4.69) is 37.0 Å². The van der Waals surface area contributed by atoms with Gasteiger partial charge in [-0.05, 0) is 20.4 Å². The summed E-state index contributed by atoms with van der Waals surface area (Å²) in [6.45, 7) is 7.43. The van der Waals surface area contributed by atoms with Gasteiger partial charge in [0, 0.05) is 45.0 Å². The fraction of sp³-hybridized carbons (Fsp3) is 0.600. The van der Waals surface area contributed by atoms with Crippen molar-refractivity contribution < 1.29 is 4.42 Å². The highest BCUT2D eigenvalue weighted by Gasteiger charge is 2.26. The Balaban J connectivity index is 1.52. The van der Waals surface area contributed by atoms with Crippen molar-refractivity contribution in [3.8, 4) is 0 Å². The quantitative estimate of drug-likeness (QED) is 0.821. The lowest BCUT2D eigenvalue weighted by molar-refractivity contribution is 0.204. The summed E-state index contributed by atoms with van der Waals surface area (Å²) in [4.78, 5) is 13.4.